The van der Waals surface area contributed by atoms with Gasteiger partial charge in [-0.1, -0.05) is 69.3 Å². The first kappa shape index (κ1) is 53.2. The van der Waals surface area contributed by atoms with Crippen LogP contribution in [0.4, 0.5) is 14.4 Å². The van der Waals surface area contributed by atoms with Crippen molar-refractivity contribution in [2.45, 2.75) is 152 Å². The van der Waals surface area contributed by atoms with Gasteiger partial charge >= 0.3 is 24.2 Å². The van der Waals surface area contributed by atoms with Crippen LogP contribution in [0.3, 0.4) is 0 Å². The van der Waals surface area contributed by atoms with Gasteiger partial charge in [-0.3, -0.25) is 0 Å². The Morgan fingerprint density at radius 2 is 1.39 bits per heavy atom. The molecule has 3 fully saturated rings. The molecule has 0 aromatic heterocycles. The summed E-state index contributed by atoms with van der Waals surface area (Å²) in [7, 11) is 0. The molecule has 0 spiro atoms. The molecule has 3 aliphatic rings. The molecular formula is C45H67N5O17. The van der Waals surface area contributed by atoms with E-state index in [0.717, 1.165) is 5.56 Å². The average molecular weight is 950 g/mol. The molecule has 2 aliphatic heterocycles. The number of aliphatic hydroxyl groups is 6. The van der Waals surface area contributed by atoms with E-state index in [1.54, 1.807) is 90.1 Å². The van der Waals surface area contributed by atoms with E-state index in [2.05, 4.69) is 16.0 Å². The van der Waals surface area contributed by atoms with Gasteiger partial charge in [0.2, 0.25) is 0 Å². The highest BCUT2D eigenvalue weighted by Crippen LogP contribution is 2.37. The molecule has 22 nitrogen and oxygen atoms in total. The number of rotatable bonds is 15. The van der Waals surface area contributed by atoms with E-state index in [9.17, 15) is 49.8 Å². The van der Waals surface area contributed by atoms with Crippen molar-refractivity contribution in [1.29, 1.82) is 0 Å². The zero-order chi connectivity index (χ0) is 49.2. The SMILES string of the molecule is CCC1OC(OC2C(NC(=O)OC(C)(C)C)CC(NC(=O)N(CCNC(=O)OCc3ccccc3)OC(=O)c3ccccc3)C(OC3OC(CO)C(O)C(N)C3O)C2O)C(C(C)C)C(O)C1O. The number of amides is 4. The van der Waals surface area contributed by atoms with Gasteiger partial charge in [-0.25, -0.2) is 19.2 Å². The molecule has 2 heterocycles. The molecule has 15 atom stereocenters. The zero-order valence-electron chi connectivity index (χ0n) is 38.5. The van der Waals surface area contributed by atoms with Gasteiger partial charge in [0.15, 0.2) is 12.6 Å². The van der Waals surface area contributed by atoms with E-state index in [-0.39, 0.29) is 37.5 Å². The second-order valence-corrected chi connectivity index (χ2v) is 18.1. The number of aliphatic hydroxyl groups excluding tert-OH is 6. The van der Waals surface area contributed by atoms with Crippen LogP contribution in [-0.2, 0) is 39.9 Å². The fourth-order valence-electron chi connectivity index (χ4n) is 8.14. The minimum atomic E-state index is -1.90. The van der Waals surface area contributed by atoms with E-state index in [1.807, 2.05) is 0 Å². The number of hydrogen-bond acceptors (Lipinski definition) is 18. The summed E-state index contributed by atoms with van der Waals surface area (Å²) in [6.07, 6.45) is -18.1. The number of carbonyl (C=O) groups is 4. The molecule has 11 N–H and O–H groups in total. The van der Waals surface area contributed by atoms with Crippen LogP contribution in [0, 0.1) is 11.8 Å². The monoisotopic (exact) mass is 949 g/mol. The highest BCUT2D eigenvalue weighted by atomic mass is 16.7. The quantitative estimate of drug-likeness (QED) is 0.108. The van der Waals surface area contributed by atoms with Crippen molar-refractivity contribution in [2.75, 3.05) is 19.7 Å². The van der Waals surface area contributed by atoms with Gasteiger partial charge in [-0.15, -0.1) is 0 Å². The minimum Gasteiger partial charge on any atom is -0.445 e. The maximum atomic E-state index is 14.4. The van der Waals surface area contributed by atoms with E-state index in [0.29, 0.717) is 5.06 Å². The molecule has 1 saturated carbocycles. The van der Waals surface area contributed by atoms with Crippen LogP contribution in [-0.4, -0.2) is 171 Å². The Kier molecular flexibility index (Phi) is 19.1. The number of nitrogens with one attached hydrogen (secondary N) is 3. The first-order valence-corrected chi connectivity index (χ1v) is 22.4. The van der Waals surface area contributed by atoms with E-state index in [1.165, 1.54) is 12.1 Å². The number of hydroxylamine groups is 2. The summed E-state index contributed by atoms with van der Waals surface area (Å²) >= 11 is 0. The summed E-state index contributed by atoms with van der Waals surface area (Å²) in [6, 6.07) is 11.4. The molecule has 374 valence electrons. The number of benzene rings is 2. The fourth-order valence-corrected chi connectivity index (χ4v) is 8.14. The number of hydrogen-bond donors (Lipinski definition) is 10. The lowest BCUT2D eigenvalue weighted by atomic mass is 9.81. The lowest BCUT2D eigenvalue weighted by Gasteiger charge is -2.50. The van der Waals surface area contributed by atoms with Crippen molar-refractivity contribution in [3.8, 4) is 0 Å². The zero-order valence-corrected chi connectivity index (χ0v) is 38.5. The van der Waals surface area contributed by atoms with Gasteiger partial charge < -0.3 is 85.6 Å². The molecular weight excluding hydrogens is 883 g/mol. The molecule has 67 heavy (non-hydrogen) atoms. The Morgan fingerprint density at radius 1 is 0.791 bits per heavy atom. The molecule has 22 heteroatoms. The maximum Gasteiger partial charge on any atom is 0.407 e. The molecule has 2 aromatic carbocycles. The number of ether oxygens (including phenoxy) is 6. The molecule has 1 aliphatic carbocycles. The fraction of sp³-hybridized carbons (Fsp3) is 0.644. The molecule has 15 unspecified atom stereocenters. The molecule has 0 radical (unpaired) electrons. The number of urea groups is 1. The lowest BCUT2D eigenvalue weighted by molar-refractivity contribution is -0.331. The highest BCUT2D eigenvalue weighted by Gasteiger charge is 2.54. The second kappa shape index (κ2) is 24.0. The molecule has 2 saturated heterocycles. The van der Waals surface area contributed by atoms with Crippen molar-refractivity contribution < 1.29 is 83.1 Å². The Hall–Kier alpha value is -4.72. The van der Waals surface area contributed by atoms with Gasteiger partial charge in [0.05, 0.1) is 49.0 Å². The topological polar surface area (TPSA) is 320 Å². The molecule has 0 bridgehead atoms. The first-order chi connectivity index (χ1) is 31.7. The number of alkyl carbamates (subject to hydrolysis) is 2. The first-order valence-electron chi connectivity index (χ1n) is 22.4. The summed E-state index contributed by atoms with van der Waals surface area (Å²) in [4.78, 5) is 59.5. The maximum absolute atomic E-state index is 14.4. The highest BCUT2D eigenvalue weighted by molar-refractivity contribution is 5.90. The van der Waals surface area contributed by atoms with Crippen LogP contribution in [0.25, 0.3) is 0 Å². The van der Waals surface area contributed by atoms with Crippen LogP contribution in [0.2, 0.25) is 0 Å². The molecule has 5 rings (SSSR count). The Labute approximate surface area is 388 Å². The van der Waals surface area contributed by atoms with Crippen molar-refractivity contribution in [3.63, 3.8) is 0 Å². The summed E-state index contributed by atoms with van der Waals surface area (Å²) in [6.45, 7) is 8.62. The van der Waals surface area contributed by atoms with E-state index >= 15 is 0 Å². The van der Waals surface area contributed by atoms with Crippen molar-refractivity contribution in [2.24, 2.45) is 17.6 Å². The van der Waals surface area contributed by atoms with Crippen LogP contribution in [0.5, 0.6) is 0 Å². The van der Waals surface area contributed by atoms with Crippen molar-refractivity contribution in [3.05, 3.63) is 71.8 Å². The van der Waals surface area contributed by atoms with Gasteiger partial charge in [-0.2, -0.15) is 5.06 Å². The smallest absolute Gasteiger partial charge is 0.407 e. The summed E-state index contributed by atoms with van der Waals surface area (Å²) < 4.78 is 35.5. The number of carbonyl (C=O) groups excluding carboxylic acids is 4. The van der Waals surface area contributed by atoms with Gasteiger partial charge in [0.25, 0.3) is 0 Å². The van der Waals surface area contributed by atoms with Crippen molar-refractivity contribution in [1.82, 2.24) is 21.0 Å². The predicted molar refractivity (Wildman–Crippen MR) is 234 cm³/mol. The van der Waals surface area contributed by atoms with Crippen LogP contribution >= 0.6 is 0 Å². The summed E-state index contributed by atoms with van der Waals surface area (Å²) in [5, 5.41) is 75.0. The van der Waals surface area contributed by atoms with Crippen LogP contribution in [0.15, 0.2) is 60.7 Å². The number of nitrogens with two attached hydrogens (primary N) is 1. The predicted octanol–water partition coefficient (Wildman–Crippen LogP) is 0.389. The second-order valence-electron chi connectivity index (χ2n) is 18.1. The van der Waals surface area contributed by atoms with Gasteiger partial charge in [0, 0.05) is 12.5 Å². The largest absolute Gasteiger partial charge is 0.445 e. The van der Waals surface area contributed by atoms with E-state index < -0.39 is 134 Å². The normalized spacial score (nSPS) is 32.1. The number of nitrogens with zero attached hydrogens (tertiary/aromatic N) is 1. The summed E-state index contributed by atoms with van der Waals surface area (Å²) in [5.74, 6) is -2.18. The third-order valence-electron chi connectivity index (χ3n) is 11.7. The molecule has 2 aromatic rings. The minimum absolute atomic E-state index is 0.0521. The van der Waals surface area contributed by atoms with Crippen molar-refractivity contribution >= 4 is 24.2 Å². The average Bonchev–Trinajstić information content (AvgIpc) is 3.28. The lowest BCUT2D eigenvalue weighted by Crippen LogP contribution is -2.70. The summed E-state index contributed by atoms with van der Waals surface area (Å²) in [5.41, 5.74) is 5.90. The van der Waals surface area contributed by atoms with E-state index in [4.69, 9.17) is 39.0 Å². The Bertz CT molecular complexity index is 1890. The van der Waals surface area contributed by atoms with Gasteiger partial charge in [-0.05, 0) is 57.2 Å². The van der Waals surface area contributed by atoms with Gasteiger partial charge in [0.1, 0.15) is 54.9 Å². The molecule has 4 amide bonds. The third-order valence-corrected chi connectivity index (χ3v) is 11.7. The van der Waals surface area contributed by atoms with Crippen LogP contribution in [0.1, 0.15) is 70.3 Å². The Balaban J connectivity index is 1.49. The van der Waals surface area contributed by atoms with Crippen LogP contribution < -0.4 is 21.7 Å². The standard InChI is InChI=1S/C45H67N5O17/c1-7-28-33(53)34(54)30(23(2)3)40(62-28)64-38-27(49-44(60)66-45(4,5)6)20-26(37(36(38)56)65-41-35(55)31(46)32(52)29(21-51)63-41)48-42(58)50(67-39(57)25-16-12-9-13-17-25)19-18-47-43(59)61-22-24-14-10-8-11-15-24/h8-17,23,26-38,40-41,51-56H,7,18-22,46H2,1-6H3,(H,47,59)(H,48,58)(H,49,60). The Morgan fingerprint density at radius 3 is 1.99 bits per heavy atom. The third kappa shape index (κ3) is 14.2.